The lowest BCUT2D eigenvalue weighted by molar-refractivity contribution is -0.142. The Morgan fingerprint density at radius 2 is 1.77 bits per heavy atom. The Morgan fingerprint density at radius 1 is 1.13 bits per heavy atom. The summed E-state index contributed by atoms with van der Waals surface area (Å²) in [4.78, 5) is 33.7. The zero-order valence-corrected chi connectivity index (χ0v) is 19.0. The molecule has 1 N–H and O–H groups in total. The monoisotopic (exact) mass is 416 g/mol. The lowest BCUT2D eigenvalue weighted by Gasteiger charge is -2.36. The number of carbonyl (C=O) groups is 2. The molecule has 2 fully saturated rings. The summed E-state index contributed by atoms with van der Waals surface area (Å²) in [5, 5.41) is 3.04. The normalized spacial score (nSPS) is 23.4. The zero-order valence-electron chi connectivity index (χ0n) is 19.0. The van der Waals surface area contributed by atoms with E-state index in [0.29, 0.717) is 19.6 Å². The first-order valence-electron chi connectivity index (χ1n) is 11.1. The number of nitrogens with one attached hydrogen (secondary N) is 1. The summed E-state index contributed by atoms with van der Waals surface area (Å²) in [6.45, 7) is 13.4. The lowest BCUT2D eigenvalue weighted by Crippen LogP contribution is -2.46. The lowest BCUT2D eigenvalue weighted by atomic mass is 9.90. The van der Waals surface area contributed by atoms with Crippen LogP contribution in [0.4, 0.5) is 5.82 Å². The van der Waals surface area contributed by atoms with Crippen LogP contribution in [0.1, 0.15) is 53.0 Å². The minimum absolute atomic E-state index is 0.0300. The predicted molar refractivity (Wildman–Crippen MR) is 117 cm³/mol. The van der Waals surface area contributed by atoms with Crippen molar-refractivity contribution in [3.05, 3.63) is 23.9 Å². The molecule has 0 saturated carbocycles. The Labute approximate surface area is 180 Å². The fourth-order valence-electron chi connectivity index (χ4n) is 4.23. The number of hydrogen-bond donors (Lipinski definition) is 1. The highest BCUT2D eigenvalue weighted by Crippen LogP contribution is 2.24. The number of nitrogens with zero attached hydrogens (tertiary/aromatic N) is 3. The molecule has 3 rings (SSSR count). The first-order valence-corrected chi connectivity index (χ1v) is 11.1. The van der Waals surface area contributed by atoms with Crippen molar-refractivity contribution in [2.45, 2.75) is 66.2 Å². The number of amides is 2. The third-order valence-corrected chi connectivity index (χ3v) is 5.81. The highest BCUT2D eigenvalue weighted by Gasteiger charge is 2.32. The summed E-state index contributed by atoms with van der Waals surface area (Å²) < 4.78 is 5.78. The molecule has 2 amide bonds. The molecule has 2 atom stereocenters. The number of pyridine rings is 1. The van der Waals surface area contributed by atoms with Crippen molar-refractivity contribution in [2.75, 3.05) is 31.1 Å². The average molecular weight is 417 g/mol. The molecule has 1 aromatic heterocycles. The molecule has 30 heavy (non-hydrogen) atoms. The van der Waals surface area contributed by atoms with Gasteiger partial charge in [-0.1, -0.05) is 26.8 Å². The van der Waals surface area contributed by atoms with Crippen LogP contribution in [0.5, 0.6) is 0 Å². The fourth-order valence-corrected chi connectivity index (χ4v) is 4.23. The van der Waals surface area contributed by atoms with Gasteiger partial charge in [0.2, 0.25) is 11.8 Å². The predicted octanol–water partition coefficient (Wildman–Crippen LogP) is 2.60. The van der Waals surface area contributed by atoms with E-state index < -0.39 is 0 Å². The number of morpholine rings is 1. The molecule has 7 nitrogen and oxygen atoms in total. The highest BCUT2D eigenvalue weighted by molar-refractivity contribution is 5.82. The topological polar surface area (TPSA) is 74.8 Å². The molecule has 0 bridgehead atoms. The van der Waals surface area contributed by atoms with Crippen LogP contribution in [-0.4, -0.2) is 60.1 Å². The standard InChI is InChI=1S/C23H36N4O3/c1-16-14-27(15-17(2)30-16)20-7-6-18(12-24-20)13-25-21(28)19-8-10-26(11-9-19)22(29)23(3,4)5/h6-7,12,16-17,19H,8-11,13-15H2,1-5H3,(H,25,28). The number of rotatable bonds is 4. The molecule has 0 radical (unpaired) electrons. The van der Waals surface area contributed by atoms with Crippen LogP contribution in [0.3, 0.4) is 0 Å². The Hall–Kier alpha value is -2.15. The number of anilines is 1. The zero-order chi connectivity index (χ0) is 21.9. The second kappa shape index (κ2) is 9.33. The van der Waals surface area contributed by atoms with Gasteiger partial charge >= 0.3 is 0 Å². The number of hydrogen-bond acceptors (Lipinski definition) is 5. The second-order valence-corrected chi connectivity index (χ2v) is 9.72. The molecule has 2 aliphatic heterocycles. The van der Waals surface area contributed by atoms with Gasteiger partial charge in [-0.3, -0.25) is 9.59 Å². The van der Waals surface area contributed by atoms with Gasteiger partial charge in [-0.05, 0) is 38.3 Å². The van der Waals surface area contributed by atoms with Crippen LogP contribution in [0.2, 0.25) is 0 Å². The van der Waals surface area contributed by atoms with Crippen molar-refractivity contribution < 1.29 is 14.3 Å². The van der Waals surface area contributed by atoms with E-state index in [0.717, 1.165) is 37.3 Å². The van der Waals surface area contributed by atoms with E-state index in [1.165, 1.54) is 0 Å². The molecule has 2 unspecified atom stereocenters. The van der Waals surface area contributed by atoms with Gasteiger partial charge in [0.1, 0.15) is 5.82 Å². The van der Waals surface area contributed by atoms with E-state index in [-0.39, 0.29) is 35.4 Å². The van der Waals surface area contributed by atoms with E-state index in [1.807, 2.05) is 44.0 Å². The van der Waals surface area contributed by atoms with Crippen LogP contribution >= 0.6 is 0 Å². The van der Waals surface area contributed by atoms with E-state index in [4.69, 9.17) is 4.74 Å². The summed E-state index contributed by atoms with van der Waals surface area (Å²) >= 11 is 0. The van der Waals surface area contributed by atoms with E-state index >= 15 is 0 Å². The van der Waals surface area contributed by atoms with Crippen LogP contribution in [0.15, 0.2) is 18.3 Å². The van der Waals surface area contributed by atoms with Crippen molar-refractivity contribution in [2.24, 2.45) is 11.3 Å². The summed E-state index contributed by atoms with van der Waals surface area (Å²) in [6, 6.07) is 4.04. The molecular weight excluding hydrogens is 380 g/mol. The summed E-state index contributed by atoms with van der Waals surface area (Å²) in [6.07, 6.45) is 3.67. The minimum Gasteiger partial charge on any atom is -0.372 e. The maximum absolute atomic E-state index is 12.6. The molecule has 3 heterocycles. The number of piperidine rings is 1. The van der Waals surface area contributed by atoms with E-state index in [9.17, 15) is 9.59 Å². The maximum Gasteiger partial charge on any atom is 0.227 e. The van der Waals surface area contributed by atoms with Crippen LogP contribution in [0.25, 0.3) is 0 Å². The molecular formula is C23H36N4O3. The molecule has 7 heteroatoms. The van der Waals surface area contributed by atoms with Gasteiger partial charge in [0, 0.05) is 50.3 Å². The second-order valence-electron chi connectivity index (χ2n) is 9.72. The van der Waals surface area contributed by atoms with Crippen molar-refractivity contribution in [1.29, 1.82) is 0 Å². The highest BCUT2D eigenvalue weighted by atomic mass is 16.5. The SMILES string of the molecule is CC1CN(c2ccc(CNC(=O)C3CCN(C(=O)C(C)(C)C)CC3)cn2)CC(C)O1. The molecule has 2 aliphatic rings. The Balaban J connectivity index is 1.46. The summed E-state index contributed by atoms with van der Waals surface area (Å²) in [7, 11) is 0. The third kappa shape index (κ3) is 5.72. The van der Waals surface area contributed by atoms with Gasteiger partial charge < -0.3 is 19.9 Å². The van der Waals surface area contributed by atoms with Crippen molar-refractivity contribution in [3.63, 3.8) is 0 Å². The quantitative estimate of drug-likeness (QED) is 0.817. The van der Waals surface area contributed by atoms with E-state index in [1.54, 1.807) is 0 Å². The average Bonchev–Trinajstić information content (AvgIpc) is 2.70. The Kier molecular flexibility index (Phi) is 7.01. The first kappa shape index (κ1) is 22.5. The third-order valence-electron chi connectivity index (χ3n) is 5.81. The number of likely N-dealkylation sites (tertiary alicyclic amines) is 1. The largest absolute Gasteiger partial charge is 0.372 e. The van der Waals surface area contributed by atoms with Crippen LogP contribution in [0, 0.1) is 11.3 Å². The smallest absolute Gasteiger partial charge is 0.227 e. The molecule has 1 aromatic rings. The number of carbonyl (C=O) groups excluding carboxylic acids is 2. The maximum atomic E-state index is 12.6. The van der Waals surface area contributed by atoms with Crippen molar-refractivity contribution in [3.8, 4) is 0 Å². The van der Waals surface area contributed by atoms with Gasteiger partial charge in [-0.25, -0.2) is 4.98 Å². The minimum atomic E-state index is -0.369. The van der Waals surface area contributed by atoms with Gasteiger partial charge in [-0.15, -0.1) is 0 Å². The van der Waals surface area contributed by atoms with Crippen LogP contribution < -0.4 is 10.2 Å². The first-order chi connectivity index (χ1) is 14.1. The van der Waals surface area contributed by atoms with Gasteiger partial charge in [0.05, 0.1) is 12.2 Å². The molecule has 2 saturated heterocycles. The van der Waals surface area contributed by atoms with Gasteiger partial charge in [0.25, 0.3) is 0 Å². The Morgan fingerprint density at radius 3 is 2.30 bits per heavy atom. The molecule has 0 aliphatic carbocycles. The van der Waals surface area contributed by atoms with Crippen molar-refractivity contribution in [1.82, 2.24) is 15.2 Å². The van der Waals surface area contributed by atoms with Crippen LogP contribution in [-0.2, 0) is 20.9 Å². The number of aromatic nitrogens is 1. The molecule has 0 aromatic carbocycles. The number of ether oxygens (including phenoxy) is 1. The molecule has 166 valence electrons. The Bertz CT molecular complexity index is 726. The van der Waals surface area contributed by atoms with Gasteiger partial charge in [-0.2, -0.15) is 0 Å². The fraction of sp³-hybridized carbons (Fsp3) is 0.696. The van der Waals surface area contributed by atoms with Crippen molar-refractivity contribution >= 4 is 17.6 Å². The summed E-state index contributed by atoms with van der Waals surface area (Å²) in [5.41, 5.74) is 0.618. The van der Waals surface area contributed by atoms with E-state index in [2.05, 4.69) is 29.0 Å². The molecule has 0 spiro atoms. The van der Waals surface area contributed by atoms with Gasteiger partial charge in [0.15, 0.2) is 0 Å². The summed E-state index contributed by atoms with van der Waals surface area (Å²) in [5.74, 6) is 1.15.